The summed E-state index contributed by atoms with van der Waals surface area (Å²) in [6.45, 7) is 2.93. The van der Waals surface area contributed by atoms with Crippen LogP contribution in [0.25, 0.3) is 0 Å². The van der Waals surface area contributed by atoms with Crippen molar-refractivity contribution in [2.75, 3.05) is 13.2 Å². The SMILES string of the molecule is CC1COc2ccccc2C1(CO)NC1CC1. The fourth-order valence-electron chi connectivity index (χ4n) is 2.68. The van der Waals surface area contributed by atoms with Crippen molar-refractivity contribution in [2.24, 2.45) is 5.92 Å². The van der Waals surface area contributed by atoms with E-state index in [2.05, 4.69) is 18.3 Å². The average molecular weight is 233 g/mol. The number of hydrogen-bond donors (Lipinski definition) is 2. The first-order valence-corrected chi connectivity index (χ1v) is 6.37. The maximum atomic E-state index is 9.92. The number of para-hydroxylation sites is 1. The fraction of sp³-hybridized carbons (Fsp3) is 0.571. The maximum absolute atomic E-state index is 9.92. The van der Waals surface area contributed by atoms with Crippen molar-refractivity contribution >= 4 is 0 Å². The molecule has 0 amide bonds. The van der Waals surface area contributed by atoms with E-state index in [-0.39, 0.29) is 18.1 Å². The van der Waals surface area contributed by atoms with Gasteiger partial charge < -0.3 is 15.2 Å². The third-order valence-electron chi connectivity index (χ3n) is 3.99. The summed E-state index contributed by atoms with van der Waals surface area (Å²) in [6, 6.07) is 8.61. The summed E-state index contributed by atoms with van der Waals surface area (Å²) in [5.41, 5.74) is 0.781. The highest BCUT2D eigenvalue weighted by Gasteiger charge is 2.45. The zero-order chi connectivity index (χ0) is 11.9. The van der Waals surface area contributed by atoms with Gasteiger partial charge in [0.25, 0.3) is 0 Å². The molecule has 1 heterocycles. The van der Waals surface area contributed by atoms with Gasteiger partial charge >= 0.3 is 0 Å². The number of nitrogens with one attached hydrogen (secondary N) is 1. The first kappa shape index (κ1) is 11.1. The molecule has 2 aliphatic rings. The minimum absolute atomic E-state index is 0.130. The molecule has 3 rings (SSSR count). The van der Waals surface area contributed by atoms with E-state index in [4.69, 9.17) is 4.74 Å². The van der Waals surface area contributed by atoms with E-state index in [1.165, 1.54) is 12.8 Å². The van der Waals surface area contributed by atoms with Crippen LogP contribution in [0.1, 0.15) is 25.3 Å². The van der Waals surface area contributed by atoms with Crippen molar-refractivity contribution in [3.63, 3.8) is 0 Å². The molecular weight excluding hydrogens is 214 g/mol. The van der Waals surface area contributed by atoms with Crippen LogP contribution in [0.2, 0.25) is 0 Å². The van der Waals surface area contributed by atoms with E-state index in [0.717, 1.165) is 11.3 Å². The minimum atomic E-state index is -0.323. The molecule has 0 bridgehead atoms. The Kier molecular flexibility index (Phi) is 2.60. The van der Waals surface area contributed by atoms with Crippen LogP contribution in [0.4, 0.5) is 0 Å². The quantitative estimate of drug-likeness (QED) is 0.834. The molecule has 3 heteroatoms. The molecule has 17 heavy (non-hydrogen) atoms. The van der Waals surface area contributed by atoms with E-state index in [9.17, 15) is 5.11 Å². The normalized spacial score (nSPS) is 31.8. The van der Waals surface area contributed by atoms with Gasteiger partial charge in [-0.3, -0.25) is 0 Å². The van der Waals surface area contributed by atoms with E-state index in [1.54, 1.807) is 0 Å². The number of aliphatic hydroxyl groups excluding tert-OH is 1. The van der Waals surface area contributed by atoms with Gasteiger partial charge in [0.05, 0.1) is 18.8 Å². The van der Waals surface area contributed by atoms with Crippen molar-refractivity contribution in [3.8, 4) is 5.75 Å². The van der Waals surface area contributed by atoms with Crippen LogP contribution in [-0.2, 0) is 5.54 Å². The largest absolute Gasteiger partial charge is 0.493 e. The molecule has 0 spiro atoms. The van der Waals surface area contributed by atoms with Crippen LogP contribution in [0.5, 0.6) is 5.75 Å². The zero-order valence-corrected chi connectivity index (χ0v) is 10.1. The summed E-state index contributed by atoms with van der Waals surface area (Å²) < 4.78 is 5.74. The predicted octanol–water partition coefficient (Wildman–Crippen LogP) is 1.65. The van der Waals surface area contributed by atoms with E-state index >= 15 is 0 Å². The van der Waals surface area contributed by atoms with Crippen LogP contribution < -0.4 is 10.1 Å². The molecule has 1 saturated carbocycles. The molecule has 0 saturated heterocycles. The molecule has 1 aromatic rings. The van der Waals surface area contributed by atoms with Crippen LogP contribution >= 0.6 is 0 Å². The van der Waals surface area contributed by atoms with Gasteiger partial charge in [-0.2, -0.15) is 0 Å². The molecule has 0 radical (unpaired) electrons. The van der Waals surface area contributed by atoms with Gasteiger partial charge in [-0.05, 0) is 18.9 Å². The Balaban J connectivity index is 2.04. The Hall–Kier alpha value is -1.06. The van der Waals surface area contributed by atoms with Crippen LogP contribution in [0, 0.1) is 5.92 Å². The predicted molar refractivity (Wildman–Crippen MR) is 66.0 cm³/mol. The van der Waals surface area contributed by atoms with Gasteiger partial charge in [-0.1, -0.05) is 25.1 Å². The Morgan fingerprint density at radius 1 is 1.41 bits per heavy atom. The number of hydrogen-bond acceptors (Lipinski definition) is 3. The molecule has 1 aliphatic carbocycles. The standard InChI is InChI=1S/C14H19NO2/c1-10-8-17-13-5-3-2-4-12(13)14(10,9-16)15-11-6-7-11/h2-5,10-11,15-16H,6-9H2,1H3. The summed E-state index contributed by atoms with van der Waals surface area (Å²) in [6.07, 6.45) is 2.44. The average Bonchev–Trinajstić information content (AvgIpc) is 3.17. The zero-order valence-electron chi connectivity index (χ0n) is 10.1. The minimum Gasteiger partial charge on any atom is -0.493 e. The Bertz CT molecular complexity index is 416. The smallest absolute Gasteiger partial charge is 0.124 e. The fourth-order valence-corrected chi connectivity index (χ4v) is 2.68. The topological polar surface area (TPSA) is 41.5 Å². The first-order valence-electron chi connectivity index (χ1n) is 6.37. The van der Waals surface area contributed by atoms with E-state index in [0.29, 0.717) is 12.6 Å². The number of aliphatic hydroxyl groups is 1. The molecule has 1 fully saturated rings. The molecule has 92 valence electrons. The molecule has 3 nitrogen and oxygen atoms in total. The summed E-state index contributed by atoms with van der Waals surface area (Å²) >= 11 is 0. The number of benzene rings is 1. The lowest BCUT2D eigenvalue weighted by Crippen LogP contribution is -2.55. The maximum Gasteiger partial charge on any atom is 0.124 e. The second kappa shape index (κ2) is 4.00. The highest BCUT2D eigenvalue weighted by atomic mass is 16.5. The number of rotatable bonds is 3. The van der Waals surface area contributed by atoms with Crippen LogP contribution in [0.15, 0.2) is 24.3 Å². The molecule has 2 atom stereocenters. The Morgan fingerprint density at radius 3 is 2.88 bits per heavy atom. The lowest BCUT2D eigenvalue weighted by molar-refractivity contribution is 0.0542. The molecule has 2 unspecified atom stereocenters. The molecule has 1 aromatic carbocycles. The highest BCUT2D eigenvalue weighted by molar-refractivity contribution is 5.42. The van der Waals surface area contributed by atoms with Crippen molar-refractivity contribution in [3.05, 3.63) is 29.8 Å². The summed E-state index contributed by atoms with van der Waals surface area (Å²) in [5, 5.41) is 13.5. The Labute approximate surface area is 102 Å². The van der Waals surface area contributed by atoms with Crippen molar-refractivity contribution in [2.45, 2.75) is 31.3 Å². The number of fused-ring (bicyclic) bond motifs is 1. The molecular formula is C14H19NO2. The van der Waals surface area contributed by atoms with Gasteiger partial charge in [0.15, 0.2) is 0 Å². The highest BCUT2D eigenvalue weighted by Crippen LogP contribution is 2.42. The summed E-state index contributed by atoms with van der Waals surface area (Å²) in [7, 11) is 0. The second-order valence-electron chi connectivity index (χ2n) is 5.26. The van der Waals surface area contributed by atoms with Gasteiger partial charge in [0.1, 0.15) is 5.75 Å². The second-order valence-corrected chi connectivity index (χ2v) is 5.26. The van der Waals surface area contributed by atoms with Gasteiger partial charge in [-0.15, -0.1) is 0 Å². The summed E-state index contributed by atoms with van der Waals surface area (Å²) in [4.78, 5) is 0. The van der Waals surface area contributed by atoms with Crippen molar-refractivity contribution < 1.29 is 9.84 Å². The lowest BCUT2D eigenvalue weighted by Gasteiger charge is -2.43. The van der Waals surface area contributed by atoms with Gasteiger partial charge in [-0.25, -0.2) is 0 Å². The first-order chi connectivity index (χ1) is 8.26. The molecule has 0 aromatic heterocycles. The van der Waals surface area contributed by atoms with Crippen LogP contribution in [0.3, 0.4) is 0 Å². The van der Waals surface area contributed by atoms with Gasteiger partial charge in [0, 0.05) is 17.5 Å². The molecule has 1 aliphatic heterocycles. The summed E-state index contributed by atoms with van der Waals surface area (Å²) in [5.74, 6) is 1.19. The third kappa shape index (κ3) is 1.74. The molecule has 2 N–H and O–H groups in total. The monoisotopic (exact) mass is 233 g/mol. The van der Waals surface area contributed by atoms with Crippen LogP contribution in [-0.4, -0.2) is 24.4 Å². The van der Waals surface area contributed by atoms with E-state index in [1.807, 2.05) is 18.2 Å². The third-order valence-corrected chi connectivity index (χ3v) is 3.99. The van der Waals surface area contributed by atoms with Crippen molar-refractivity contribution in [1.82, 2.24) is 5.32 Å². The van der Waals surface area contributed by atoms with Gasteiger partial charge in [0.2, 0.25) is 0 Å². The van der Waals surface area contributed by atoms with Crippen molar-refractivity contribution in [1.29, 1.82) is 0 Å². The lowest BCUT2D eigenvalue weighted by atomic mass is 9.77. The number of ether oxygens (including phenoxy) is 1. The van der Waals surface area contributed by atoms with E-state index < -0.39 is 0 Å². The Morgan fingerprint density at radius 2 is 2.18 bits per heavy atom.